The quantitative estimate of drug-likeness (QED) is 0.748. The third-order valence-corrected chi connectivity index (χ3v) is 3.74. The van der Waals surface area contributed by atoms with Crippen LogP contribution in [0.15, 0.2) is 0 Å². The third-order valence-electron chi connectivity index (χ3n) is 3.74. The number of carbonyl (C=O) groups is 2. The van der Waals surface area contributed by atoms with E-state index in [-0.39, 0.29) is 24.0 Å². The molecule has 0 aromatic carbocycles. The molecule has 0 bridgehead atoms. The van der Waals surface area contributed by atoms with E-state index in [1.807, 2.05) is 48.5 Å². The zero-order valence-electron chi connectivity index (χ0n) is 14.3. The molecule has 5 heteroatoms. The molecule has 0 saturated carbocycles. The van der Waals surface area contributed by atoms with Crippen LogP contribution in [0.5, 0.6) is 0 Å². The fourth-order valence-electron chi connectivity index (χ4n) is 2.54. The normalized spacial score (nSPS) is 23.2. The van der Waals surface area contributed by atoms with E-state index >= 15 is 0 Å². The van der Waals surface area contributed by atoms with Crippen molar-refractivity contribution in [2.45, 2.75) is 72.3 Å². The SMILES string of the molecule is CC(C)C(C=O)CC1COC(C)(C)N1C(=O)OC(C)(C)C. The number of ether oxygens (including phenoxy) is 2. The summed E-state index contributed by atoms with van der Waals surface area (Å²) >= 11 is 0. The van der Waals surface area contributed by atoms with Crippen molar-refractivity contribution in [3.63, 3.8) is 0 Å². The second kappa shape index (κ2) is 6.34. The molecule has 0 aromatic heterocycles. The van der Waals surface area contributed by atoms with Gasteiger partial charge in [-0.3, -0.25) is 4.90 Å². The molecule has 21 heavy (non-hydrogen) atoms. The maximum atomic E-state index is 12.5. The van der Waals surface area contributed by atoms with Gasteiger partial charge < -0.3 is 14.3 Å². The van der Waals surface area contributed by atoms with E-state index in [0.717, 1.165) is 6.29 Å². The Morgan fingerprint density at radius 1 is 1.43 bits per heavy atom. The number of hydrogen-bond acceptors (Lipinski definition) is 4. The molecule has 2 atom stereocenters. The fourth-order valence-corrected chi connectivity index (χ4v) is 2.54. The van der Waals surface area contributed by atoms with Gasteiger partial charge in [0.1, 0.15) is 17.6 Å². The van der Waals surface area contributed by atoms with E-state index in [0.29, 0.717) is 13.0 Å². The van der Waals surface area contributed by atoms with E-state index in [1.54, 1.807) is 4.90 Å². The summed E-state index contributed by atoms with van der Waals surface area (Å²) in [6, 6.07) is -0.132. The molecule has 1 fully saturated rings. The van der Waals surface area contributed by atoms with Crippen LogP contribution in [0.25, 0.3) is 0 Å². The number of aldehydes is 1. The Morgan fingerprint density at radius 2 is 2.00 bits per heavy atom. The molecule has 0 N–H and O–H groups in total. The van der Waals surface area contributed by atoms with Crippen LogP contribution in [0.4, 0.5) is 4.79 Å². The van der Waals surface area contributed by atoms with Gasteiger partial charge in [0, 0.05) is 5.92 Å². The molecule has 0 spiro atoms. The maximum Gasteiger partial charge on any atom is 0.412 e. The molecule has 0 aromatic rings. The fraction of sp³-hybridized carbons (Fsp3) is 0.875. The van der Waals surface area contributed by atoms with Crippen molar-refractivity contribution >= 4 is 12.4 Å². The molecular weight excluding hydrogens is 270 g/mol. The Bertz CT molecular complexity index is 384. The van der Waals surface area contributed by atoms with Crippen LogP contribution in [-0.2, 0) is 14.3 Å². The molecular formula is C16H29NO4. The Morgan fingerprint density at radius 3 is 2.43 bits per heavy atom. The lowest BCUT2D eigenvalue weighted by atomic mass is 9.90. The lowest BCUT2D eigenvalue weighted by Crippen LogP contribution is -2.50. The van der Waals surface area contributed by atoms with Crippen molar-refractivity contribution in [2.24, 2.45) is 11.8 Å². The maximum absolute atomic E-state index is 12.5. The number of nitrogens with zero attached hydrogens (tertiary/aromatic N) is 1. The molecule has 122 valence electrons. The van der Waals surface area contributed by atoms with Crippen LogP contribution in [-0.4, -0.2) is 41.3 Å². The first-order chi connectivity index (χ1) is 9.48. The highest BCUT2D eigenvalue weighted by Gasteiger charge is 2.46. The largest absolute Gasteiger partial charge is 0.444 e. The van der Waals surface area contributed by atoms with Gasteiger partial charge in [-0.2, -0.15) is 0 Å². The molecule has 1 saturated heterocycles. The average molecular weight is 299 g/mol. The standard InChI is InChI=1S/C16H29NO4/c1-11(2)12(9-18)8-13-10-20-16(6,7)17(13)14(19)21-15(3,4)5/h9,11-13H,8,10H2,1-7H3. The van der Waals surface area contributed by atoms with Gasteiger partial charge in [0.25, 0.3) is 0 Å². The smallest absolute Gasteiger partial charge is 0.412 e. The van der Waals surface area contributed by atoms with E-state index in [9.17, 15) is 9.59 Å². The monoisotopic (exact) mass is 299 g/mol. The highest BCUT2D eigenvalue weighted by atomic mass is 16.6. The Hall–Kier alpha value is -1.10. The molecule has 1 aliphatic rings. The first-order valence-electron chi connectivity index (χ1n) is 7.59. The molecule has 0 radical (unpaired) electrons. The van der Waals surface area contributed by atoms with Crippen molar-refractivity contribution in [3.8, 4) is 0 Å². The van der Waals surface area contributed by atoms with Gasteiger partial charge in [0.05, 0.1) is 12.6 Å². The molecule has 2 unspecified atom stereocenters. The highest BCUT2D eigenvalue weighted by molar-refractivity contribution is 5.70. The van der Waals surface area contributed by atoms with Crippen LogP contribution < -0.4 is 0 Å². The minimum absolute atomic E-state index is 0.0857. The minimum Gasteiger partial charge on any atom is -0.444 e. The lowest BCUT2D eigenvalue weighted by molar-refractivity contribution is -0.113. The molecule has 1 heterocycles. The summed E-state index contributed by atoms with van der Waals surface area (Å²) in [6.07, 6.45) is 1.19. The molecule has 1 amide bonds. The average Bonchev–Trinajstić information content (AvgIpc) is 2.58. The van der Waals surface area contributed by atoms with Crippen LogP contribution >= 0.6 is 0 Å². The highest BCUT2D eigenvalue weighted by Crippen LogP contribution is 2.33. The summed E-state index contributed by atoms with van der Waals surface area (Å²) < 4.78 is 11.2. The van der Waals surface area contributed by atoms with Crippen LogP contribution in [0, 0.1) is 11.8 Å². The van der Waals surface area contributed by atoms with Gasteiger partial charge in [0.2, 0.25) is 0 Å². The Labute approximate surface area is 128 Å². The summed E-state index contributed by atoms with van der Waals surface area (Å²) in [7, 11) is 0. The Kier molecular flexibility index (Phi) is 5.42. The summed E-state index contributed by atoms with van der Waals surface area (Å²) in [5.41, 5.74) is -1.26. The third kappa shape index (κ3) is 4.70. The van der Waals surface area contributed by atoms with Gasteiger partial charge in [-0.1, -0.05) is 13.8 Å². The van der Waals surface area contributed by atoms with Crippen molar-refractivity contribution in [3.05, 3.63) is 0 Å². The number of hydrogen-bond donors (Lipinski definition) is 0. The predicted molar refractivity (Wildman–Crippen MR) is 80.9 cm³/mol. The second-order valence-corrected chi connectivity index (χ2v) is 7.54. The minimum atomic E-state index is -0.711. The lowest BCUT2D eigenvalue weighted by Gasteiger charge is -2.36. The zero-order chi connectivity index (χ0) is 16.4. The Balaban J connectivity index is 2.89. The van der Waals surface area contributed by atoms with Gasteiger partial charge in [-0.15, -0.1) is 0 Å². The van der Waals surface area contributed by atoms with Crippen LogP contribution in [0.2, 0.25) is 0 Å². The van der Waals surface area contributed by atoms with Gasteiger partial charge in [-0.25, -0.2) is 4.79 Å². The predicted octanol–water partition coefficient (Wildman–Crippen LogP) is 3.22. The summed E-state index contributed by atoms with van der Waals surface area (Å²) in [5.74, 6) is 0.157. The van der Waals surface area contributed by atoms with Crippen molar-refractivity contribution < 1.29 is 19.1 Å². The van der Waals surface area contributed by atoms with Crippen molar-refractivity contribution in [1.82, 2.24) is 4.90 Å². The van der Waals surface area contributed by atoms with E-state index < -0.39 is 11.3 Å². The topological polar surface area (TPSA) is 55.8 Å². The van der Waals surface area contributed by atoms with Gasteiger partial charge in [0.15, 0.2) is 0 Å². The zero-order valence-corrected chi connectivity index (χ0v) is 14.3. The molecule has 1 aliphatic heterocycles. The summed E-state index contributed by atoms with van der Waals surface area (Å²) in [6.45, 7) is 13.7. The number of carbonyl (C=O) groups excluding carboxylic acids is 2. The van der Waals surface area contributed by atoms with Crippen molar-refractivity contribution in [1.29, 1.82) is 0 Å². The van der Waals surface area contributed by atoms with Gasteiger partial charge in [-0.05, 0) is 47.0 Å². The van der Waals surface area contributed by atoms with Gasteiger partial charge >= 0.3 is 6.09 Å². The van der Waals surface area contributed by atoms with Crippen molar-refractivity contribution in [2.75, 3.05) is 6.61 Å². The molecule has 5 nitrogen and oxygen atoms in total. The number of rotatable bonds is 4. The van der Waals surface area contributed by atoms with E-state index in [1.165, 1.54) is 0 Å². The van der Waals surface area contributed by atoms with Crippen LogP contribution in [0.3, 0.4) is 0 Å². The molecule has 0 aliphatic carbocycles. The number of amides is 1. The van der Waals surface area contributed by atoms with Crippen LogP contribution in [0.1, 0.15) is 54.9 Å². The first kappa shape index (κ1) is 18.0. The van der Waals surface area contributed by atoms with E-state index in [2.05, 4.69) is 0 Å². The van der Waals surface area contributed by atoms with E-state index in [4.69, 9.17) is 9.47 Å². The second-order valence-electron chi connectivity index (χ2n) is 7.54. The first-order valence-corrected chi connectivity index (χ1v) is 7.59. The summed E-state index contributed by atoms with van der Waals surface area (Å²) in [5, 5.41) is 0. The molecule has 1 rings (SSSR count). The summed E-state index contributed by atoms with van der Waals surface area (Å²) in [4.78, 5) is 25.3.